The fourth-order valence-corrected chi connectivity index (χ4v) is 2.80. The minimum absolute atomic E-state index is 0.273. The summed E-state index contributed by atoms with van der Waals surface area (Å²) in [6.45, 7) is 6.48. The molecule has 5 nitrogen and oxygen atoms in total. The van der Waals surface area contributed by atoms with Gasteiger partial charge in [0.15, 0.2) is 0 Å². The number of esters is 1. The van der Waals surface area contributed by atoms with E-state index in [1.165, 1.54) is 31.9 Å². The molecule has 0 radical (unpaired) electrons. The van der Waals surface area contributed by atoms with Gasteiger partial charge in [-0.3, -0.25) is 9.69 Å². The highest BCUT2D eigenvalue weighted by molar-refractivity contribution is 5.97. The fraction of sp³-hybridized carbons (Fsp3) is 0.556. The lowest BCUT2D eigenvalue weighted by atomic mass is 10.0. The predicted octanol–water partition coefficient (Wildman–Crippen LogP) is 2.35. The lowest BCUT2D eigenvalue weighted by Crippen LogP contribution is -2.50. The van der Waals surface area contributed by atoms with E-state index >= 15 is 0 Å². The lowest BCUT2D eigenvalue weighted by Gasteiger charge is -2.26. The van der Waals surface area contributed by atoms with Crippen molar-refractivity contribution in [2.75, 3.05) is 20.2 Å². The molecule has 23 heavy (non-hydrogen) atoms. The van der Waals surface area contributed by atoms with Crippen LogP contribution < -0.4 is 5.32 Å². The minimum Gasteiger partial charge on any atom is -0.467 e. The zero-order valence-electron chi connectivity index (χ0n) is 14.2. The van der Waals surface area contributed by atoms with E-state index in [4.69, 9.17) is 4.74 Å². The van der Waals surface area contributed by atoms with E-state index in [1.807, 2.05) is 24.3 Å². The topological polar surface area (TPSA) is 58.6 Å². The Balaban J connectivity index is 1.95. The van der Waals surface area contributed by atoms with Crippen molar-refractivity contribution < 1.29 is 14.3 Å². The van der Waals surface area contributed by atoms with Crippen LogP contribution in [0.15, 0.2) is 24.3 Å². The summed E-state index contributed by atoms with van der Waals surface area (Å²) >= 11 is 0. The summed E-state index contributed by atoms with van der Waals surface area (Å²) in [4.78, 5) is 26.3. The molecule has 1 heterocycles. The van der Waals surface area contributed by atoms with E-state index in [0.717, 1.165) is 19.6 Å². The summed E-state index contributed by atoms with van der Waals surface area (Å²) in [6, 6.07) is 7.58. The molecule has 0 aliphatic carbocycles. The van der Waals surface area contributed by atoms with E-state index in [-0.39, 0.29) is 5.91 Å². The van der Waals surface area contributed by atoms with Crippen molar-refractivity contribution in [1.82, 2.24) is 10.2 Å². The van der Waals surface area contributed by atoms with Gasteiger partial charge in [-0.1, -0.05) is 18.6 Å². The lowest BCUT2D eigenvalue weighted by molar-refractivity contribution is -0.146. The number of nitrogens with one attached hydrogen (secondary N) is 1. The van der Waals surface area contributed by atoms with Gasteiger partial charge in [0.1, 0.15) is 5.54 Å². The van der Waals surface area contributed by atoms with Crippen molar-refractivity contribution in [3.63, 3.8) is 0 Å². The van der Waals surface area contributed by atoms with E-state index < -0.39 is 11.5 Å². The molecular formula is C18H26N2O3. The largest absolute Gasteiger partial charge is 0.467 e. The molecule has 1 fully saturated rings. The second-order valence-electron chi connectivity index (χ2n) is 6.60. The standard InChI is InChI=1S/C18H26N2O3/c1-18(2,17(22)23-3)19-16(21)15-9-7-14(8-10-15)13-20-11-5-4-6-12-20/h7-10H,4-6,11-13H2,1-3H3,(H,19,21). The molecule has 1 aromatic rings. The Morgan fingerprint density at radius 3 is 2.30 bits per heavy atom. The molecule has 0 atom stereocenters. The smallest absolute Gasteiger partial charge is 0.330 e. The van der Waals surface area contributed by atoms with E-state index in [9.17, 15) is 9.59 Å². The first-order valence-electron chi connectivity index (χ1n) is 8.14. The van der Waals surface area contributed by atoms with Crippen LogP contribution in [0.4, 0.5) is 0 Å². The van der Waals surface area contributed by atoms with Crippen LogP contribution in [0.5, 0.6) is 0 Å². The molecular weight excluding hydrogens is 292 g/mol. The normalized spacial score (nSPS) is 16.0. The molecule has 1 aromatic carbocycles. The molecule has 0 saturated carbocycles. The van der Waals surface area contributed by atoms with E-state index in [2.05, 4.69) is 10.2 Å². The maximum atomic E-state index is 12.3. The third kappa shape index (κ3) is 4.79. The molecule has 2 rings (SSSR count). The number of hydrogen-bond donors (Lipinski definition) is 1. The number of benzene rings is 1. The first kappa shape index (κ1) is 17.5. The summed E-state index contributed by atoms with van der Waals surface area (Å²) < 4.78 is 4.70. The Labute approximate surface area is 138 Å². The number of amides is 1. The van der Waals surface area contributed by atoms with Gasteiger partial charge in [-0.2, -0.15) is 0 Å². The van der Waals surface area contributed by atoms with Gasteiger partial charge < -0.3 is 10.1 Å². The number of carbonyl (C=O) groups excluding carboxylic acids is 2. The summed E-state index contributed by atoms with van der Waals surface area (Å²) in [7, 11) is 1.31. The number of piperidine rings is 1. The van der Waals surface area contributed by atoms with Crippen LogP contribution in [0.25, 0.3) is 0 Å². The molecule has 0 aromatic heterocycles. The van der Waals surface area contributed by atoms with Crippen LogP contribution in [0.1, 0.15) is 49.0 Å². The number of ether oxygens (including phenoxy) is 1. The predicted molar refractivity (Wildman–Crippen MR) is 89.1 cm³/mol. The van der Waals surface area contributed by atoms with Gasteiger partial charge in [0.25, 0.3) is 5.91 Å². The Morgan fingerprint density at radius 2 is 1.74 bits per heavy atom. The zero-order valence-corrected chi connectivity index (χ0v) is 14.2. The molecule has 0 bridgehead atoms. The summed E-state index contributed by atoms with van der Waals surface area (Å²) in [6.07, 6.45) is 3.86. The average Bonchev–Trinajstić information content (AvgIpc) is 2.55. The molecule has 1 saturated heterocycles. The Morgan fingerprint density at radius 1 is 1.13 bits per heavy atom. The first-order chi connectivity index (χ1) is 10.9. The number of carbonyl (C=O) groups is 2. The van der Waals surface area contributed by atoms with Gasteiger partial charge in [-0.15, -0.1) is 0 Å². The maximum Gasteiger partial charge on any atom is 0.330 e. The maximum absolute atomic E-state index is 12.3. The van der Waals surface area contributed by atoms with Crippen LogP contribution in [0.2, 0.25) is 0 Å². The van der Waals surface area contributed by atoms with Crippen LogP contribution in [0, 0.1) is 0 Å². The molecule has 0 unspecified atom stereocenters. The van der Waals surface area contributed by atoms with Gasteiger partial charge in [0.05, 0.1) is 7.11 Å². The van der Waals surface area contributed by atoms with Gasteiger partial charge >= 0.3 is 5.97 Å². The second-order valence-corrected chi connectivity index (χ2v) is 6.60. The Bertz CT molecular complexity index is 546. The van der Waals surface area contributed by atoms with E-state index in [1.54, 1.807) is 13.8 Å². The molecule has 1 N–H and O–H groups in total. The molecule has 0 spiro atoms. The van der Waals surface area contributed by atoms with Crippen LogP contribution in [-0.4, -0.2) is 42.5 Å². The summed E-state index contributed by atoms with van der Waals surface area (Å²) in [5.74, 6) is -0.738. The molecule has 1 amide bonds. The van der Waals surface area contributed by atoms with Crippen molar-refractivity contribution >= 4 is 11.9 Å². The van der Waals surface area contributed by atoms with Crippen LogP contribution in [0.3, 0.4) is 0 Å². The van der Waals surface area contributed by atoms with Crippen LogP contribution in [-0.2, 0) is 16.1 Å². The highest BCUT2D eigenvalue weighted by Gasteiger charge is 2.30. The van der Waals surface area contributed by atoms with Crippen molar-refractivity contribution in [1.29, 1.82) is 0 Å². The highest BCUT2D eigenvalue weighted by Crippen LogP contribution is 2.14. The Kier molecular flexibility index (Phi) is 5.77. The number of methoxy groups -OCH3 is 1. The summed E-state index contributed by atoms with van der Waals surface area (Å²) in [5, 5.41) is 2.70. The van der Waals surface area contributed by atoms with Gasteiger partial charge in [0.2, 0.25) is 0 Å². The highest BCUT2D eigenvalue weighted by atomic mass is 16.5. The number of likely N-dealkylation sites (tertiary alicyclic amines) is 1. The Hall–Kier alpha value is -1.88. The van der Waals surface area contributed by atoms with E-state index in [0.29, 0.717) is 5.56 Å². The van der Waals surface area contributed by atoms with Crippen LogP contribution >= 0.6 is 0 Å². The number of hydrogen-bond acceptors (Lipinski definition) is 4. The van der Waals surface area contributed by atoms with Gasteiger partial charge in [0, 0.05) is 12.1 Å². The molecule has 5 heteroatoms. The quantitative estimate of drug-likeness (QED) is 0.847. The van der Waals surface area contributed by atoms with Gasteiger partial charge in [-0.05, 0) is 57.5 Å². The third-order valence-electron chi connectivity index (χ3n) is 4.19. The second kappa shape index (κ2) is 7.59. The zero-order chi connectivity index (χ0) is 16.9. The molecule has 1 aliphatic rings. The fourth-order valence-electron chi connectivity index (χ4n) is 2.80. The molecule has 1 aliphatic heterocycles. The van der Waals surface area contributed by atoms with Crippen molar-refractivity contribution in [3.05, 3.63) is 35.4 Å². The monoisotopic (exact) mass is 318 g/mol. The first-order valence-corrected chi connectivity index (χ1v) is 8.14. The number of nitrogens with zero attached hydrogens (tertiary/aromatic N) is 1. The third-order valence-corrected chi connectivity index (χ3v) is 4.19. The summed E-state index contributed by atoms with van der Waals surface area (Å²) in [5.41, 5.74) is 0.707. The van der Waals surface area contributed by atoms with Crippen molar-refractivity contribution in [2.45, 2.75) is 45.2 Å². The number of rotatable bonds is 5. The minimum atomic E-state index is -1.04. The molecule has 126 valence electrons. The van der Waals surface area contributed by atoms with Crippen molar-refractivity contribution in [2.24, 2.45) is 0 Å². The average molecular weight is 318 g/mol. The van der Waals surface area contributed by atoms with Crippen molar-refractivity contribution in [3.8, 4) is 0 Å². The SMILES string of the molecule is COC(=O)C(C)(C)NC(=O)c1ccc(CN2CCCCC2)cc1. The van der Waals surface area contributed by atoms with Gasteiger partial charge in [-0.25, -0.2) is 4.79 Å².